The third-order valence-corrected chi connectivity index (χ3v) is 5.00. The van der Waals surface area contributed by atoms with E-state index in [0.717, 1.165) is 16.8 Å². The van der Waals surface area contributed by atoms with E-state index in [1.165, 1.54) is 23.0 Å². The lowest BCUT2D eigenvalue weighted by Crippen LogP contribution is -2.27. The number of anilines is 1. The van der Waals surface area contributed by atoms with Crippen molar-refractivity contribution in [1.82, 2.24) is 20.3 Å². The lowest BCUT2D eigenvalue weighted by Gasteiger charge is -2.20. The minimum atomic E-state index is -0.352. The number of nitrogens with zero attached hydrogens (tertiary/aromatic N) is 3. The molecule has 0 saturated heterocycles. The van der Waals surface area contributed by atoms with Gasteiger partial charge in [0.2, 0.25) is 5.91 Å². The van der Waals surface area contributed by atoms with Crippen LogP contribution in [0.2, 0.25) is 0 Å². The van der Waals surface area contributed by atoms with Crippen LogP contribution in [0.4, 0.5) is 10.1 Å². The van der Waals surface area contributed by atoms with E-state index in [1.54, 1.807) is 13.0 Å². The van der Waals surface area contributed by atoms with Crippen molar-refractivity contribution in [2.24, 2.45) is 0 Å². The summed E-state index contributed by atoms with van der Waals surface area (Å²) in [5.74, 6) is -0.664. The third-order valence-electron chi connectivity index (χ3n) is 5.00. The van der Waals surface area contributed by atoms with E-state index >= 15 is 0 Å². The van der Waals surface area contributed by atoms with Crippen LogP contribution in [-0.2, 0) is 11.2 Å². The van der Waals surface area contributed by atoms with Gasteiger partial charge in [0.15, 0.2) is 5.69 Å². The molecule has 0 saturated carbocycles. The Bertz CT molecular complexity index is 1110. The van der Waals surface area contributed by atoms with E-state index < -0.39 is 0 Å². The summed E-state index contributed by atoms with van der Waals surface area (Å²) in [4.78, 5) is 24.1. The van der Waals surface area contributed by atoms with Crippen molar-refractivity contribution in [3.63, 3.8) is 0 Å². The van der Waals surface area contributed by atoms with Crippen LogP contribution >= 0.6 is 0 Å². The molecule has 2 N–H and O–H groups in total. The number of halogens is 1. The maximum Gasteiger partial charge on any atom is 0.273 e. The van der Waals surface area contributed by atoms with Gasteiger partial charge < -0.3 is 10.6 Å². The molecule has 3 aromatic rings. The van der Waals surface area contributed by atoms with Crippen LogP contribution < -0.4 is 10.6 Å². The number of fused-ring (bicyclic) bond motifs is 1. The lowest BCUT2D eigenvalue weighted by atomic mass is 9.98. The summed E-state index contributed by atoms with van der Waals surface area (Å²) in [5, 5.41) is 13.7. The van der Waals surface area contributed by atoms with Crippen LogP contribution in [0.15, 0.2) is 42.6 Å². The molecule has 0 unspecified atom stereocenters. The molecule has 1 aromatic heterocycles. The third kappa shape index (κ3) is 3.87. The van der Waals surface area contributed by atoms with Gasteiger partial charge in [-0.15, -0.1) is 5.10 Å². The van der Waals surface area contributed by atoms with Crippen LogP contribution in [0.25, 0.3) is 5.69 Å². The van der Waals surface area contributed by atoms with Crippen LogP contribution in [-0.4, -0.2) is 26.8 Å². The molecule has 2 aromatic carbocycles. The van der Waals surface area contributed by atoms with Gasteiger partial charge in [0.05, 0.1) is 17.9 Å². The summed E-state index contributed by atoms with van der Waals surface area (Å²) in [6, 6.07) is 9.82. The van der Waals surface area contributed by atoms with Gasteiger partial charge in [-0.2, -0.15) is 0 Å². The first-order chi connectivity index (χ1) is 13.9. The number of carbonyl (C=O) groups excluding carboxylic acids is 2. The van der Waals surface area contributed by atoms with E-state index in [0.29, 0.717) is 24.1 Å². The number of aromatic nitrogens is 3. The van der Waals surface area contributed by atoms with Gasteiger partial charge in [-0.05, 0) is 61.2 Å². The van der Waals surface area contributed by atoms with Crippen molar-refractivity contribution in [1.29, 1.82) is 0 Å². The first kappa shape index (κ1) is 18.8. The van der Waals surface area contributed by atoms with E-state index in [1.807, 2.05) is 25.1 Å². The van der Waals surface area contributed by atoms with Gasteiger partial charge in [0.1, 0.15) is 5.82 Å². The first-order valence-corrected chi connectivity index (χ1v) is 9.33. The number of carbonyl (C=O) groups is 2. The fourth-order valence-electron chi connectivity index (χ4n) is 3.39. The predicted octanol–water partition coefficient (Wildman–Crippen LogP) is 3.09. The van der Waals surface area contributed by atoms with E-state index in [4.69, 9.17) is 0 Å². The number of benzene rings is 2. The van der Waals surface area contributed by atoms with Crippen molar-refractivity contribution >= 4 is 17.5 Å². The van der Waals surface area contributed by atoms with Gasteiger partial charge in [0, 0.05) is 12.1 Å². The average Bonchev–Trinajstić information content (AvgIpc) is 3.17. The molecule has 0 bridgehead atoms. The first-order valence-electron chi connectivity index (χ1n) is 9.33. The van der Waals surface area contributed by atoms with Gasteiger partial charge in [-0.1, -0.05) is 17.3 Å². The molecule has 0 fully saturated rings. The quantitative estimate of drug-likeness (QED) is 0.713. The largest absolute Gasteiger partial charge is 0.344 e. The molecule has 1 aliphatic heterocycles. The second-order valence-corrected chi connectivity index (χ2v) is 7.14. The summed E-state index contributed by atoms with van der Waals surface area (Å²) in [6.45, 7) is 3.65. The molecule has 29 heavy (non-hydrogen) atoms. The SMILES string of the molecule is Cc1cc(F)ccc1-n1cc(C(=O)N[C@@H](C)c2ccc3c(c2)CCC(=O)N3)nn1. The molecule has 2 amide bonds. The number of hydrogen-bond donors (Lipinski definition) is 2. The Morgan fingerprint density at radius 1 is 1.24 bits per heavy atom. The fraction of sp³-hybridized carbons (Fsp3) is 0.238. The Balaban J connectivity index is 1.48. The van der Waals surface area contributed by atoms with Crippen LogP contribution in [0, 0.1) is 12.7 Å². The molecule has 1 aliphatic rings. The zero-order chi connectivity index (χ0) is 20.5. The highest BCUT2D eigenvalue weighted by molar-refractivity contribution is 5.94. The maximum atomic E-state index is 13.3. The number of hydrogen-bond acceptors (Lipinski definition) is 4. The Labute approximate surface area is 166 Å². The molecule has 7 nitrogen and oxygen atoms in total. The predicted molar refractivity (Wildman–Crippen MR) is 105 cm³/mol. The maximum absolute atomic E-state index is 13.3. The lowest BCUT2D eigenvalue weighted by molar-refractivity contribution is -0.116. The van der Waals surface area contributed by atoms with Gasteiger partial charge in [-0.3, -0.25) is 9.59 Å². The molecular weight excluding hydrogens is 373 g/mol. The second-order valence-electron chi connectivity index (χ2n) is 7.14. The summed E-state index contributed by atoms with van der Waals surface area (Å²) in [7, 11) is 0. The Hall–Kier alpha value is -3.55. The molecule has 0 spiro atoms. The second kappa shape index (κ2) is 7.46. The Morgan fingerprint density at radius 3 is 2.86 bits per heavy atom. The van der Waals surface area contributed by atoms with Crippen molar-refractivity contribution < 1.29 is 14.0 Å². The van der Waals surface area contributed by atoms with Crippen molar-refractivity contribution in [3.05, 3.63) is 70.8 Å². The summed E-state index contributed by atoms with van der Waals surface area (Å²) in [6.07, 6.45) is 2.66. The monoisotopic (exact) mass is 393 g/mol. The van der Waals surface area contributed by atoms with Crippen molar-refractivity contribution in [2.75, 3.05) is 5.32 Å². The summed E-state index contributed by atoms with van der Waals surface area (Å²) >= 11 is 0. The average molecular weight is 393 g/mol. The number of aryl methyl sites for hydroxylation is 2. The minimum absolute atomic E-state index is 0.0195. The molecule has 2 heterocycles. The summed E-state index contributed by atoms with van der Waals surface area (Å²) in [5.41, 5.74) is 4.34. The number of nitrogens with one attached hydrogen (secondary N) is 2. The van der Waals surface area contributed by atoms with E-state index in [-0.39, 0.29) is 29.4 Å². The highest BCUT2D eigenvalue weighted by Crippen LogP contribution is 2.26. The smallest absolute Gasteiger partial charge is 0.273 e. The van der Waals surface area contributed by atoms with Crippen LogP contribution in [0.1, 0.15) is 46.6 Å². The van der Waals surface area contributed by atoms with E-state index in [9.17, 15) is 14.0 Å². The summed E-state index contributed by atoms with van der Waals surface area (Å²) < 4.78 is 14.8. The Morgan fingerprint density at radius 2 is 2.07 bits per heavy atom. The van der Waals surface area contributed by atoms with Crippen LogP contribution in [0.3, 0.4) is 0 Å². The van der Waals surface area contributed by atoms with Crippen molar-refractivity contribution in [3.8, 4) is 5.69 Å². The molecule has 0 radical (unpaired) electrons. The molecule has 8 heteroatoms. The van der Waals surface area contributed by atoms with Gasteiger partial charge in [-0.25, -0.2) is 9.07 Å². The standard InChI is InChI=1S/C21H20FN5O2/c1-12-9-16(22)5-7-19(12)27-11-18(25-26-27)21(29)23-13(2)14-3-6-17-15(10-14)4-8-20(28)24-17/h3,5-7,9-11,13H,4,8H2,1-2H3,(H,23,29)(H,24,28)/t13-/m0/s1. The number of amides is 2. The zero-order valence-electron chi connectivity index (χ0n) is 16.1. The fourth-order valence-corrected chi connectivity index (χ4v) is 3.39. The number of rotatable bonds is 4. The normalized spacial score (nSPS) is 14.1. The Kier molecular flexibility index (Phi) is 4.84. The molecular formula is C21H20FN5O2. The molecule has 4 rings (SSSR count). The van der Waals surface area contributed by atoms with E-state index in [2.05, 4.69) is 20.9 Å². The van der Waals surface area contributed by atoms with Crippen LogP contribution in [0.5, 0.6) is 0 Å². The van der Waals surface area contributed by atoms with Gasteiger partial charge >= 0.3 is 0 Å². The molecule has 0 aliphatic carbocycles. The topological polar surface area (TPSA) is 88.9 Å². The minimum Gasteiger partial charge on any atom is -0.344 e. The molecule has 148 valence electrons. The molecule has 1 atom stereocenters. The van der Waals surface area contributed by atoms with Gasteiger partial charge in [0.25, 0.3) is 5.91 Å². The highest BCUT2D eigenvalue weighted by atomic mass is 19.1. The highest BCUT2D eigenvalue weighted by Gasteiger charge is 2.19. The zero-order valence-corrected chi connectivity index (χ0v) is 16.1. The van der Waals surface area contributed by atoms with Crippen molar-refractivity contribution in [2.45, 2.75) is 32.7 Å².